The number of alkyl halides is 1. The number of benzene rings is 1. The van der Waals surface area contributed by atoms with E-state index in [9.17, 15) is 9.59 Å². The van der Waals surface area contributed by atoms with Crippen molar-refractivity contribution >= 4 is 29.0 Å². The highest BCUT2D eigenvalue weighted by Gasteiger charge is 2.39. The summed E-state index contributed by atoms with van der Waals surface area (Å²) in [6.45, 7) is 7.25. The Hall–Kier alpha value is -4.05. The minimum atomic E-state index is -1.60. The third kappa shape index (κ3) is 5.77. The van der Waals surface area contributed by atoms with Crippen LogP contribution in [-0.2, 0) is 16.8 Å². The van der Waals surface area contributed by atoms with Gasteiger partial charge in [0.1, 0.15) is 5.82 Å². The van der Waals surface area contributed by atoms with Gasteiger partial charge in [-0.15, -0.1) is 0 Å². The summed E-state index contributed by atoms with van der Waals surface area (Å²) in [6, 6.07) is 10.5. The third-order valence-corrected chi connectivity index (χ3v) is 7.74. The SMILES string of the molecule is CCc1cc(C)c(C(=O)N2CCC(F)(c3ccc(N)cn3)CC2)cc1NC(=O)c1ccc(N2CCOCC2)nc1. The van der Waals surface area contributed by atoms with Crippen molar-refractivity contribution in [2.45, 2.75) is 38.8 Å². The predicted octanol–water partition coefficient (Wildman–Crippen LogP) is 4.12. The van der Waals surface area contributed by atoms with Crippen molar-refractivity contribution < 1.29 is 18.7 Å². The van der Waals surface area contributed by atoms with Gasteiger partial charge in [0.2, 0.25) is 0 Å². The van der Waals surface area contributed by atoms with Gasteiger partial charge in [-0.3, -0.25) is 14.6 Å². The molecule has 0 spiro atoms. The van der Waals surface area contributed by atoms with Crippen LogP contribution < -0.4 is 16.0 Å². The molecule has 0 atom stereocenters. The number of morpholine rings is 1. The summed E-state index contributed by atoms with van der Waals surface area (Å²) < 4.78 is 21.0. The standard InChI is InChI=1S/C30H35FN6O3/c1-3-21-16-20(2)24(29(39)37-10-8-30(31,9-11-37)26-6-5-23(32)19-33-26)17-25(21)35-28(38)22-4-7-27(34-18-22)36-12-14-40-15-13-36/h4-7,16-19H,3,8-15,32H2,1-2H3,(H,35,38). The van der Waals surface area contributed by atoms with Crippen molar-refractivity contribution in [1.82, 2.24) is 14.9 Å². The molecule has 3 N–H and O–H groups in total. The zero-order valence-electron chi connectivity index (χ0n) is 23.0. The summed E-state index contributed by atoms with van der Waals surface area (Å²) in [5.74, 6) is 0.331. The van der Waals surface area contributed by atoms with Gasteiger partial charge in [-0.1, -0.05) is 13.0 Å². The largest absolute Gasteiger partial charge is 0.397 e. The second kappa shape index (κ2) is 11.6. The van der Waals surface area contributed by atoms with E-state index in [0.717, 1.165) is 30.0 Å². The molecule has 2 saturated heterocycles. The zero-order valence-corrected chi connectivity index (χ0v) is 23.0. The minimum absolute atomic E-state index is 0.152. The molecule has 0 unspecified atom stereocenters. The van der Waals surface area contributed by atoms with Crippen molar-refractivity contribution in [3.05, 3.63) is 76.7 Å². The van der Waals surface area contributed by atoms with E-state index < -0.39 is 5.67 Å². The van der Waals surface area contributed by atoms with Crippen LogP contribution in [0.1, 0.15) is 57.3 Å². The first-order chi connectivity index (χ1) is 19.3. The number of nitrogen functional groups attached to an aromatic ring is 1. The number of carbonyl (C=O) groups excluding carboxylic acids is 2. The lowest BCUT2D eigenvalue weighted by molar-refractivity contribution is 0.0402. The molecule has 0 bridgehead atoms. The number of nitrogens with one attached hydrogen (secondary N) is 1. The molecule has 5 rings (SSSR count). The third-order valence-electron chi connectivity index (χ3n) is 7.74. The highest BCUT2D eigenvalue weighted by atomic mass is 19.1. The highest BCUT2D eigenvalue weighted by Crippen LogP contribution is 2.37. The van der Waals surface area contributed by atoms with E-state index >= 15 is 4.39 Å². The number of ether oxygens (including phenoxy) is 1. The Bertz CT molecular complexity index is 1370. The van der Waals surface area contributed by atoms with Gasteiger partial charge in [0.25, 0.3) is 11.8 Å². The van der Waals surface area contributed by atoms with Gasteiger partial charge in [0.05, 0.1) is 36.4 Å². The lowest BCUT2D eigenvalue weighted by Gasteiger charge is -2.36. The average molecular weight is 547 g/mol. The Morgan fingerprint density at radius 2 is 1.80 bits per heavy atom. The monoisotopic (exact) mass is 546 g/mol. The molecule has 40 heavy (non-hydrogen) atoms. The summed E-state index contributed by atoms with van der Waals surface area (Å²) in [5, 5.41) is 2.98. The fourth-order valence-corrected chi connectivity index (χ4v) is 5.26. The molecule has 0 aliphatic carbocycles. The number of nitrogens with zero attached hydrogens (tertiary/aromatic N) is 4. The lowest BCUT2D eigenvalue weighted by atomic mass is 9.89. The Balaban J connectivity index is 1.29. The number of nitrogens with two attached hydrogens (primary N) is 1. The lowest BCUT2D eigenvalue weighted by Crippen LogP contribution is -2.43. The maximum atomic E-state index is 15.7. The summed E-state index contributed by atoms with van der Waals surface area (Å²) in [5.41, 5.74) is 8.17. The second-order valence-electron chi connectivity index (χ2n) is 10.4. The Morgan fingerprint density at radius 1 is 1.05 bits per heavy atom. The Labute approximate surface area is 233 Å². The fourth-order valence-electron chi connectivity index (χ4n) is 5.26. The van der Waals surface area contributed by atoms with E-state index in [2.05, 4.69) is 20.2 Å². The number of pyridine rings is 2. The molecule has 210 valence electrons. The quantitative estimate of drug-likeness (QED) is 0.478. The first kappa shape index (κ1) is 27.5. The molecule has 0 radical (unpaired) electrons. The number of amides is 2. The van der Waals surface area contributed by atoms with Crippen LogP contribution in [0.2, 0.25) is 0 Å². The maximum absolute atomic E-state index is 15.7. The van der Waals surface area contributed by atoms with Gasteiger partial charge in [-0.25, -0.2) is 9.37 Å². The molecule has 10 heteroatoms. The van der Waals surface area contributed by atoms with Crippen LogP contribution in [-0.4, -0.2) is 66.1 Å². The summed E-state index contributed by atoms with van der Waals surface area (Å²) in [4.78, 5) is 39.1. The first-order valence-electron chi connectivity index (χ1n) is 13.7. The molecule has 9 nitrogen and oxygen atoms in total. The normalized spacial score (nSPS) is 17.0. The number of carbonyl (C=O) groups is 2. The fraction of sp³-hybridized carbons (Fsp3) is 0.400. The van der Waals surface area contributed by atoms with Gasteiger partial charge in [0.15, 0.2) is 5.67 Å². The molecular formula is C30H35FN6O3. The molecule has 2 aromatic heterocycles. The molecule has 2 aliphatic heterocycles. The number of piperidine rings is 1. The molecule has 2 aliphatic rings. The van der Waals surface area contributed by atoms with E-state index in [1.807, 2.05) is 26.0 Å². The van der Waals surface area contributed by atoms with Crippen LogP contribution >= 0.6 is 0 Å². The van der Waals surface area contributed by atoms with Gasteiger partial charge in [-0.2, -0.15) is 0 Å². The molecule has 2 fully saturated rings. The predicted molar refractivity (Wildman–Crippen MR) is 152 cm³/mol. The number of aryl methyl sites for hydroxylation is 2. The van der Waals surface area contributed by atoms with Crippen molar-refractivity contribution in [2.24, 2.45) is 0 Å². The van der Waals surface area contributed by atoms with E-state index in [4.69, 9.17) is 10.5 Å². The van der Waals surface area contributed by atoms with E-state index in [1.165, 1.54) is 6.20 Å². The number of hydrogen-bond acceptors (Lipinski definition) is 7. The number of anilines is 3. The van der Waals surface area contributed by atoms with E-state index in [1.54, 1.807) is 35.4 Å². The zero-order chi connectivity index (χ0) is 28.3. The molecule has 2 amide bonds. The molecule has 4 heterocycles. The van der Waals surface area contributed by atoms with Crippen molar-refractivity contribution in [3.8, 4) is 0 Å². The number of rotatable bonds is 6. The average Bonchev–Trinajstić information content (AvgIpc) is 2.98. The van der Waals surface area contributed by atoms with E-state index in [-0.39, 0.29) is 37.7 Å². The van der Waals surface area contributed by atoms with Crippen LogP contribution in [0.4, 0.5) is 21.6 Å². The maximum Gasteiger partial charge on any atom is 0.257 e. The molecule has 0 saturated carbocycles. The van der Waals surface area contributed by atoms with Gasteiger partial charge >= 0.3 is 0 Å². The van der Waals surface area contributed by atoms with Crippen LogP contribution in [0, 0.1) is 6.92 Å². The minimum Gasteiger partial charge on any atom is -0.397 e. The Kier molecular flexibility index (Phi) is 7.97. The van der Waals surface area contributed by atoms with Crippen molar-refractivity contribution in [1.29, 1.82) is 0 Å². The van der Waals surface area contributed by atoms with Gasteiger partial charge in [0, 0.05) is 56.5 Å². The number of hydrogen-bond donors (Lipinski definition) is 2. The van der Waals surface area contributed by atoms with Crippen LogP contribution in [0.15, 0.2) is 48.8 Å². The number of halogens is 1. The van der Waals surface area contributed by atoms with Crippen LogP contribution in [0.5, 0.6) is 0 Å². The molecular weight excluding hydrogens is 511 g/mol. The smallest absolute Gasteiger partial charge is 0.257 e. The second-order valence-corrected chi connectivity index (χ2v) is 10.4. The van der Waals surface area contributed by atoms with Crippen LogP contribution in [0.25, 0.3) is 0 Å². The summed E-state index contributed by atoms with van der Waals surface area (Å²) in [7, 11) is 0. The topological polar surface area (TPSA) is 114 Å². The Morgan fingerprint density at radius 3 is 2.42 bits per heavy atom. The number of aromatic nitrogens is 2. The molecule has 1 aromatic carbocycles. The van der Waals surface area contributed by atoms with Crippen molar-refractivity contribution in [2.75, 3.05) is 55.3 Å². The summed E-state index contributed by atoms with van der Waals surface area (Å²) >= 11 is 0. The van der Waals surface area contributed by atoms with Gasteiger partial charge in [-0.05, 0) is 54.8 Å². The summed E-state index contributed by atoms with van der Waals surface area (Å²) in [6.07, 6.45) is 4.01. The van der Waals surface area contributed by atoms with Gasteiger partial charge < -0.3 is 25.6 Å². The highest BCUT2D eigenvalue weighted by molar-refractivity contribution is 6.05. The first-order valence-corrected chi connectivity index (χ1v) is 13.7. The van der Waals surface area contributed by atoms with E-state index in [0.29, 0.717) is 47.8 Å². The van der Waals surface area contributed by atoms with Crippen molar-refractivity contribution in [3.63, 3.8) is 0 Å². The number of likely N-dealkylation sites (tertiary alicyclic amines) is 1. The van der Waals surface area contributed by atoms with Crippen LogP contribution in [0.3, 0.4) is 0 Å². The molecule has 3 aromatic rings.